The minimum Gasteiger partial charge on any atom is -0.331 e. The van der Waals surface area contributed by atoms with Crippen molar-refractivity contribution in [2.75, 3.05) is 5.32 Å². The van der Waals surface area contributed by atoms with Crippen molar-refractivity contribution in [2.24, 2.45) is 7.05 Å². The summed E-state index contributed by atoms with van der Waals surface area (Å²) >= 11 is 1.41. The molecular weight excluding hydrogens is 284 g/mol. The Morgan fingerprint density at radius 2 is 2.29 bits per heavy atom. The van der Waals surface area contributed by atoms with Crippen molar-refractivity contribution in [3.63, 3.8) is 0 Å². The Hall–Kier alpha value is -2.21. The third-order valence-electron chi connectivity index (χ3n) is 3.77. The van der Waals surface area contributed by atoms with E-state index in [9.17, 15) is 4.79 Å². The van der Waals surface area contributed by atoms with Gasteiger partial charge in [-0.15, -0.1) is 11.3 Å². The average Bonchev–Trinajstić information content (AvgIpc) is 3.11. The van der Waals surface area contributed by atoms with Crippen LogP contribution in [-0.2, 0) is 7.05 Å². The Bertz CT molecular complexity index is 818. The molecule has 0 radical (unpaired) electrons. The molecule has 2 aromatic heterocycles. The number of benzene rings is 1. The molecular formula is C15H14N4OS. The quantitative estimate of drug-likeness (QED) is 0.808. The number of hydrogen-bond donors (Lipinski definition) is 1. The van der Waals surface area contributed by atoms with Crippen LogP contribution in [0.2, 0.25) is 0 Å². The van der Waals surface area contributed by atoms with Gasteiger partial charge < -0.3 is 4.57 Å². The molecule has 0 aliphatic heterocycles. The van der Waals surface area contributed by atoms with Crippen molar-refractivity contribution in [3.05, 3.63) is 41.2 Å². The molecule has 2 heterocycles. The number of carbonyl (C=O) groups excluding carboxylic acids is 1. The first kappa shape index (κ1) is 12.5. The molecule has 0 spiro atoms. The third-order valence-corrected chi connectivity index (χ3v) is 4.46. The molecule has 0 unspecified atom stereocenters. The predicted octanol–water partition coefficient (Wildman–Crippen LogP) is 3.16. The molecule has 1 amide bonds. The minimum absolute atomic E-state index is 0.148. The summed E-state index contributed by atoms with van der Waals surface area (Å²) in [6.45, 7) is 0. The number of thiazole rings is 1. The van der Waals surface area contributed by atoms with Crippen molar-refractivity contribution < 1.29 is 4.79 Å². The van der Waals surface area contributed by atoms with Crippen molar-refractivity contribution in [3.8, 4) is 0 Å². The summed E-state index contributed by atoms with van der Waals surface area (Å²) in [5, 5.41) is 5.24. The van der Waals surface area contributed by atoms with Gasteiger partial charge in [-0.05, 0) is 31.0 Å². The van der Waals surface area contributed by atoms with Crippen molar-refractivity contribution in [1.29, 1.82) is 0 Å². The predicted molar refractivity (Wildman–Crippen MR) is 82.8 cm³/mol. The van der Waals surface area contributed by atoms with Crippen molar-refractivity contribution in [1.82, 2.24) is 14.5 Å². The maximum absolute atomic E-state index is 12.2. The zero-order valence-corrected chi connectivity index (χ0v) is 12.4. The second-order valence-corrected chi connectivity index (χ2v) is 6.19. The SMILES string of the molecule is Cn1c(C2CC2)nc2cc(C(=O)Nc3nccs3)ccc21. The maximum atomic E-state index is 12.2. The lowest BCUT2D eigenvalue weighted by molar-refractivity contribution is 0.102. The molecule has 6 heteroatoms. The Labute approximate surface area is 125 Å². The van der Waals surface area contributed by atoms with Crippen LogP contribution in [0.5, 0.6) is 0 Å². The fourth-order valence-corrected chi connectivity index (χ4v) is 3.04. The van der Waals surface area contributed by atoms with Gasteiger partial charge in [-0.1, -0.05) is 0 Å². The highest BCUT2D eigenvalue weighted by atomic mass is 32.1. The number of rotatable bonds is 3. The van der Waals surface area contributed by atoms with Gasteiger partial charge in [0.05, 0.1) is 11.0 Å². The lowest BCUT2D eigenvalue weighted by Crippen LogP contribution is -2.11. The summed E-state index contributed by atoms with van der Waals surface area (Å²) in [5.74, 6) is 1.57. The summed E-state index contributed by atoms with van der Waals surface area (Å²) in [7, 11) is 2.04. The smallest absolute Gasteiger partial charge is 0.257 e. The van der Waals surface area contributed by atoms with Gasteiger partial charge in [0.25, 0.3) is 5.91 Å². The highest BCUT2D eigenvalue weighted by Gasteiger charge is 2.28. The van der Waals surface area contributed by atoms with Crippen LogP contribution >= 0.6 is 11.3 Å². The standard InChI is InChI=1S/C15H14N4OS/c1-19-12-5-4-10(14(20)18-15-16-6-7-21-15)8-11(12)17-13(19)9-2-3-9/h4-9H,2-3H2,1H3,(H,16,18,20). The van der Waals surface area contributed by atoms with Crippen LogP contribution in [0.25, 0.3) is 11.0 Å². The van der Waals surface area contributed by atoms with Crippen molar-refractivity contribution in [2.45, 2.75) is 18.8 Å². The summed E-state index contributed by atoms with van der Waals surface area (Å²) < 4.78 is 2.13. The third kappa shape index (κ3) is 2.21. The molecule has 21 heavy (non-hydrogen) atoms. The molecule has 0 bridgehead atoms. The Morgan fingerprint density at radius 1 is 1.43 bits per heavy atom. The Balaban J connectivity index is 1.68. The van der Waals surface area contributed by atoms with E-state index < -0.39 is 0 Å². The van der Waals surface area contributed by atoms with Crippen LogP contribution in [-0.4, -0.2) is 20.4 Å². The summed E-state index contributed by atoms with van der Waals surface area (Å²) in [6.07, 6.45) is 4.10. The van der Waals surface area contributed by atoms with E-state index in [0.29, 0.717) is 16.6 Å². The number of fused-ring (bicyclic) bond motifs is 1. The van der Waals surface area contributed by atoms with E-state index in [1.807, 2.05) is 30.6 Å². The molecule has 106 valence electrons. The van der Waals surface area contributed by atoms with Crippen LogP contribution in [0.15, 0.2) is 29.8 Å². The number of anilines is 1. The highest BCUT2D eigenvalue weighted by Crippen LogP contribution is 2.40. The number of carbonyl (C=O) groups is 1. The maximum Gasteiger partial charge on any atom is 0.257 e. The fourth-order valence-electron chi connectivity index (χ4n) is 2.52. The first-order chi connectivity index (χ1) is 10.2. The molecule has 0 atom stereocenters. The number of aromatic nitrogens is 3. The monoisotopic (exact) mass is 298 g/mol. The minimum atomic E-state index is -0.148. The van der Waals surface area contributed by atoms with E-state index >= 15 is 0 Å². The van der Waals surface area contributed by atoms with E-state index in [-0.39, 0.29) is 5.91 Å². The number of amides is 1. The van der Waals surface area contributed by atoms with Gasteiger partial charge in [0.15, 0.2) is 5.13 Å². The van der Waals surface area contributed by atoms with E-state index in [4.69, 9.17) is 0 Å². The lowest BCUT2D eigenvalue weighted by atomic mass is 10.2. The van der Waals surface area contributed by atoms with E-state index in [1.165, 1.54) is 24.2 Å². The van der Waals surface area contributed by atoms with Gasteiger partial charge in [0.1, 0.15) is 5.82 Å². The summed E-state index contributed by atoms with van der Waals surface area (Å²) in [6, 6.07) is 5.65. The number of nitrogens with zero attached hydrogens (tertiary/aromatic N) is 3. The van der Waals surface area contributed by atoms with Gasteiger partial charge in [0, 0.05) is 30.1 Å². The number of imidazole rings is 1. The summed E-state index contributed by atoms with van der Waals surface area (Å²) in [5.41, 5.74) is 2.56. The molecule has 1 fully saturated rings. The second kappa shape index (κ2) is 4.66. The zero-order valence-electron chi connectivity index (χ0n) is 11.5. The molecule has 4 rings (SSSR count). The fraction of sp³-hybridized carbons (Fsp3) is 0.267. The Morgan fingerprint density at radius 3 is 3.00 bits per heavy atom. The van der Waals surface area contributed by atoms with Crippen LogP contribution < -0.4 is 5.32 Å². The topological polar surface area (TPSA) is 59.8 Å². The van der Waals surface area contributed by atoms with E-state index in [1.54, 1.807) is 6.20 Å². The molecule has 1 aromatic carbocycles. The van der Waals surface area contributed by atoms with Gasteiger partial charge in [-0.2, -0.15) is 0 Å². The van der Waals surface area contributed by atoms with Gasteiger partial charge in [0.2, 0.25) is 0 Å². The number of nitrogens with one attached hydrogen (secondary N) is 1. The van der Waals surface area contributed by atoms with Gasteiger partial charge in [-0.25, -0.2) is 9.97 Å². The first-order valence-electron chi connectivity index (χ1n) is 6.89. The largest absolute Gasteiger partial charge is 0.331 e. The lowest BCUT2D eigenvalue weighted by Gasteiger charge is -2.02. The molecule has 0 saturated heterocycles. The molecule has 3 aromatic rings. The van der Waals surface area contributed by atoms with Gasteiger partial charge in [-0.3, -0.25) is 10.1 Å². The normalized spacial score (nSPS) is 14.5. The van der Waals surface area contributed by atoms with E-state index in [0.717, 1.165) is 16.9 Å². The molecule has 1 saturated carbocycles. The van der Waals surface area contributed by atoms with E-state index in [2.05, 4.69) is 19.9 Å². The van der Waals surface area contributed by atoms with Crippen molar-refractivity contribution >= 4 is 33.4 Å². The molecule has 1 aliphatic carbocycles. The molecule has 1 aliphatic rings. The van der Waals surface area contributed by atoms with Gasteiger partial charge >= 0.3 is 0 Å². The molecule has 5 nitrogen and oxygen atoms in total. The average molecular weight is 298 g/mol. The van der Waals surface area contributed by atoms with Crippen LogP contribution in [0, 0.1) is 0 Å². The second-order valence-electron chi connectivity index (χ2n) is 5.30. The zero-order chi connectivity index (χ0) is 14.4. The highest BCUT2D eigenvalue weighted by molar-refractivity contribution is 7.13. The van der Waals surface area contributed by atoms with Crippen LogP contribution in [0.3, 0.4) is 0 Å². The molecule has 1 N–H and O–H groups in total. The number of hydrogen-bond acceptors (Lipinski definition) is 4. The van der Waals surface area contributed by atoms with Crippen LogP contribution in [0.1, 0.15) is 34.9 Å². The Kier molecular flexibility index (Phi) is 2.78. The number of aryl methyl sites for hydroxylation is 1. The first-order valence-corrected chi connectivity index (χ1v) is 7.77. The van der Waals surface area contributed by atoms with Crippen LogP contribution in [0.4, 0.5) is 5.13 Å². The summed E-state index contributed by atoms with van der Waals surface area (Å²) in [4.78, 5) is 21.0.